The maximum absolute atomic E-state index is 13.8. The van der Waals surface area contributed by atoms with Crippen LogP contribution in [0.2, 0.25) is 0 Å². The standard InChI is InChI=1S/C19H15FN4O2/c20-13-6-7-16-15(10-13)24(8-9-26-16)19-14(17(21)25)11-22-18(23-19)12-4-2-1-3-5-12/h1-7,10-11H,8-9H2,(H2,21,25). The van der Waals surface area contributed by atoms with E-state index in [0.29, 0.717) is 36.2 Å². The van der Waals surface area contributed by atoms with Crippen LogP contribution < -0.4 is 15.4 Å². The summed E-state index contributed by atoms with van der Waals surface area (Å²) in [5, 5.41) is 0. The average molecular weight is 350 g/mol. The summed E-state index contributed by atoms with van der Waals surface area (Å²) in [6.07, 6.45) is 1.40. The first kappa shape index (κ1) is 16.0. The molecule has 2 heterocycles. The zero-order chi connectivity index (χ0) is 18.1. The molecule has 0 saturated carbocycles. The lowest BCUT2D eigenvalue weighted by Crippen LogP contribution is -2.31. The molecule has 7 heteroatoms. The molecule has 1 aliphatic rings. The maximum atomic E-state index is 13.8. The van der Waals surface area contributed by atoms with Crippen LogP contribution in [-0.2, 0) is 0 Å². The Hall–Kier alpha value is -3.48. The third kappa shape index (κ3) is 2.83. The molecule has 0 spiro atoms. The monoisotopic (exact) mass is 350 g/mol. The van der Waals surface area contributed by atoms with E-state index < -0.39 is 11.7 Å². The normalized spacial score (nSPS) is 13.0. The van der Waals surface area contributed by atoms with Crippen molar-refractivity contribution in [2.45, 2.75) is 0 Å². The molecule has 1 amide bonds. The molecule has 0 fully saturated rings. The average Bonchev–Trinajstić information content (AvgIpc) is 2.67. The number of nitrogens with zero attached hydrogens (tertiary/aromatic N) is 3. The smallest absolute Gasteiger partial charge is 0.254 e. The van der Waals surface area contributed by atoms with Crippen LogP contribution in [-0.4, -0.2) is 29.0 Å². The molecule has 0 unspecified atom stereocenters. The van der Waals surface area contributed by atoms with Gasteiger partial charge < -0.3 is 15.4 Å². The lowest BCUT2D eigenvalue weighted by atomic mass is 10.1. The topological polar surface area (TPSA) is 81.3 Å². The summed E-state index contributed by atoms with van der Waals surface area (Å²) in [5.41, 5.74) is 6.98. The van der Waals surface area contributed by atoms with Gasteiger partial charge in [-0.15, -0.1) is 0 Å². The fourth-order valence-electron chi connectivity index (χ4n) is 2.89. The van der Waals surface area contributed by atoms with E-state index in [2.05, 4.69) is 9.97 Å². The van der Waals surface area contributed by atoms with E-state index in [4.69, 9.17) is 10.5 Å². The van der Waals surface area contributed by atoms with E-state index in [1.807, 2.05) is 30.3 Å². The van der Waals surface area contributed by atoms with Gasteiger partial charge in [0.2, 0.25) is 0 Å². The highest BCUT2D eigenvalue weighted by Crippen LogP contribution is 2.37. The summed E-state index contributed by atoms with van der Waals surface area (Å²) in [7, 11) is 0. The van der Waals surface area contributed by atoms with Gasteiger partial charge in [-0.2, -0.15) is 0 Å². The molecule has 0 bridgehead atoms. The Morgan fingerprint density at radius 3 is 2.77 bits per heavy atom. The molecule has 0 radical (unpaired) electrons. The van der Waals surface area contributed by atoms with Gasteiger partial charge in [-0.25, -0.2) is 14.4 Å². The number of hydrogen-bond acceptors (Lipinski definition) is 5. The fourth-order valence-corrected chi connectivity index (χ4v) is 2.89. The Kier molecular flexibility index (Phi) is 3.96. The fraction of sp³-hybridized carbons (Fsp3) is 0.105. The molecule has 26 heavy (non-hydrogen) atoms. The van der Waals surface area contributed by atoms with Crippen LogP contribution in [0.15, 0.2) is 54.7 Å². The number of benzene rings is 2. The van der Waals surface area contributed by atoms with E-state index in [0.717, 1.165) is 5.56 Å². The van der Waals surface area contributed by atoms with Crippen LogP contribution in [0.5, 0.6) is 5.75 Å². The predicted molar refractivity (Wildman–Crippen MR) is 94.9 cm³/mol. The molecule has 2 aromatic carbocycles. The van der Waals surface area contributed by atoms with Gasteiger partial charge in [0.25, 0.3) is 5.91 Å². The highest BCUT2D eigenvalue weighted by Gasteiger charge is 2.26. The third-order valence-corrected chi connectivity index (χ3v) is 4.11. The highest BCUT2D eigenvalue weighted by atomic mass is 19.1. The van der Waals surface area contributed by atoms with E-state index in [-0.39, 0.29) is 5.56 Å². The van der Waals surface area contributed by atoms with Gasteiger partial charge in [-0.1, -0.05) is 30.3 Å². The molecule has 0 saturated heterocycles. The second-order valence-corrected chi connectivity index (χ2v) is 5.77. The Bertz CT molecular complexity index is 979. The Morgan fingerprint density at radius 2 is 2.00 bits per heavy atom. The van der Waals surface area contributed by atoms with Gasteiger partial charge in [-0.05, 0) is 12.1 Å². The van der Waals surface area contributed by atoms with Gasteiger partial charge >= 0.3 is 0 Å². The lowest BCUT2D eigenvalue weighted by Gasteiger charge is -2.31. The molecular weight excluding hydrogens is 335 g/mol. The number of nitrogens with two attached hydrogens (primary N) is 1. The number of carbonyl (C=O) groups is 1. The second-order valence-electron chi connectivity index (χ2n) is 5.77. The molecule has 1 aliphatic heterocycles. The first-order valence-electron chi connectivity index (χ1n) is 8.05. The van der Waals surface area contributed by atoms with E-state index in [1.54, 1.807) is 11.0 Å². The van der Waals surface area contributed by atoms with Gasteiger partial charge in [0.1, 0.15) is 29.6 Å². The van der Waals surface area contributed by atoms with Gasteiger partial charge in [0.05, 0.1) is 12.2 Å². The number of fused-ring (bicyclic) bond motifs is 1. The Balaban J connectivity index is 1.88. The predicted octanol–water partition coefficient (Wildman–Crippen LogP) is 2.91. The molecule has 130 valence electrons. The van der Waals surface area contributed by atoms with Crippen molar-refractivity contribution in [1.82, 2.24) is 9.97 Å². The van der Waals surface area contributed by atoms with Gasteiger partial charge in [0, 0.05) is 17.8 Å². The zero-order valence-corrected chi connectivity index (χ0v) is 13.7. The quantitative estimate of drug-likeness (QED) is 0.785. The minimum absolute atomic E-state index is 0.168. The van der Waals surface area contributed by atoms with E-state index in [1.165, 1.54) is 18.3 Å². The minimum Gasteiger partial charge on any atom is -0.490 e. The maximum Gasteiger partial charge on any atom is 0.254 e. The number of ether oxygens (including phenoxy) is 1. The molecule has 0 atom stereocenters. The third-order valence-electron chi connectivity index (χ3n) is 4.11. The molecule has 3 aromatic rings. The van der Waals surface area contributed by atoms with Crippen molar-refractivity contribution in [2.24, 2.45) is 5.73 Å². The summed E-state index contributed by atoms with van der Waals surface area (Å²) in [6.45, 7) is 0.781. The van der Waals surface area contributed by atoms with Crippen molar-refractivity contribution < 1.29 is 13.9 Å². The summed E-state index contributed by atoms with van der Waals surface area (Å²) in [5.74, 6) is 0.255. The number of amides is 1. The van der Waals surface area contributed by atoms with Crippen molar-refractivity contribution >= 4 is 17.4 Å². The van der Waals surface area contributed by atoms with Gasteiger partial charge in [-0.3, -0.25) is 4.79 Å². The van der Waals surface area contributed by atoms with E-state index >= 15 is 0 Å². The molecule has 6 nitrogen and oxygen atoms in total. The van der Waals surface area contributed by atoms with Crippen LogP contribution in [0.25, 0.3) is 11.4 Å². The summed E-state index contributed by atoms with van der Waals surface area (Å²) in [6, 6.07) is 13.6. The van der Waals surface area contributed by atoms with Crippen molar-refractivity contribution in [3.8, 4) is 17.1 Å². The van der Waals surface area contributed by atoms with Crippen molar-refractivity contribution in [2.75, 3.05) is 18.1 Å². The minimum atomic E-state index is -0.649. The number of anilines is 2. The van der Waals surface area contributed by atoms with Crippen LogP contribution in [0.4, 0.5) is 15.9 Å². The molecule has 1 aromatic heterocycles. The van der Waals surface area contributed by atoms with Crippen molar-refractivity contribution in [1.29, 1.82) is 0 Å². The number of rotatable bonds is 3. The van der Waals surface area contributed by atoms with E-state index in [9.17, 15) is 9.18 Å². The molecular formula is C19H15FN4O2. The molecule has 4 rings (SSSR count). The number of carbonyl (C=O) groups excluding carboxylic acids is 1. The summed E-state index contributed by atoms with van der Waals surface area (Å²) in [4.78, 5) is 22.4. The van der Waals surface area contributed by atoms with Crippen molar-refractivity contribution in [3.63, 3.8) is 0 Å². The summed E-state index contributed by atoms with van der Waals surface area (Å²) < 4.78 is 19.4. The van der Waals surface area contributed by atoms with Crippen LogP contribution in [0, 0.1) is 5.82 Å². The number of hydrogen-bond donors (Lipinski definition) is 1. The largest absolute Gasteiger partial charge is 0.490 e. The lowest BCUT2D eigenvalue weighted by molar-refractivity contribution is 0.1000. The number of aromatic nitrogens is 2. The number of halogens is 1. The molecule has 0 aliphatic carbocycles. The zero-order valence-electron chi connectivity index (χ0n) is 13.7. The van der Waals surface area contributed by atoms with Crippen LogP contribution in [0.1, 0.15) is 10.4 Å². The first-order chi connectivity index (χ1) is 12.6. The Labute approximate surface area is 149 Å². The Morgan fingerprint density at radius 1 is 1.19 bits per heavy atom. The highest BCUT2D eigenvalue weighted by molar-refractivity contribution is 5.98. The first-order valence-corrected chi connectivity index (χ1v) is 8.05. The second kappa shape index (κ2) is 6.44. The van der Waals surface area contributed by atoms with Crippen LogP contribution >= 0.6 is 0 Å². The summed E-state index contributed by atoms with van der Waals surface area (Å²) >= 11 is 0. The van der Waals surface area contributed by atoms with Crippen molar-refractivity contribution in [3.05, 3.63) is 66.1 Å². The van der Waals surface area contributed by atoms with Crippen LogP contribution in [0.3, 0.4) is 0 Å². The number of primary amides is 1. The molecule has 2 N–H and O–H groups in total. The SMILES string of the molecule is NC(=O)c1cnc(-c2ccccc2)nc1N1CCOc2ccc(F)cc21. The van der Waals surface area contributed by atoms with Gasteiger partial charge in [0.15, 0.2) is 5.82 Å².